The van der Waals surface area contributed by atoms with E-state index in [4.69, 9.17) is 0 Å². The van der Waals surface area contributed by atoms with Crippen LogP contribution in [-0.2, 0) is 19.5 Å². The number of aromatic nitrogens is 1. The molecule has 236 valence electrons. The molecule has 45 heavy (non-hydrogen) atoms. The van der Waals surface area contributed by atoms with Crippen molar-refractivity contribution in [3.8, 4) is 5.75 Å². The number of hydrogen-bond donors (Lipinski definition) is 3. The summed E-state index contributed by atoms with van der Waals surface area (Å²) in [6.45, 7) is 2.29. The van der Waals surface area contributed by atoms with Gasteiger partial charge < -0.3 is 25.4 Å². The minimum atomic E-state index is -4.80. The zero-order valence-electron chi connectivity index (χ0n) is 24.9. The Bertz CT molecular complexity index is 1570. The summed E-state index contributed by atoms with van der Waals surface area (Å²) in [4.78, 5) is 32.5. The maximum absolute atomic E-state index is 13.5. The molecule has 11 heteroatoms. The molecule has 1 aromatic heterocycles. The smallest absolute Gasteiger partial charge is 0.406 e. The summed E-state index contributed by atoms with van der Waals surface area (Å²) in [6, 6.07) is 24.5. The molecule has 0 aliphatic heterocycles. The number of aryl methyl sites for hydroxylation is 1. The zero-order valence-corrected chi connectivity index (χ0v) is 24.9. The third kappa shape index (κ3) is 10.4. The molecular formula is C34H35F3N4O4. The van der Waals surface area contributed by atoms with E-state index in [9.17, 15) is 27.9 Å². The van der Waals surface area contributed by atoms with E-state index in [-0.39, 0.29) is 30.3 Å². The van der Waals surface area contributed by atoms with E-state index in [1.54, 1.807) is 44.4 Å². The van der Waals surface area contributed by atoms with Crippen LogP contribution in [-0.4, -0.2) is 58.9 Å². The number of nitrogens with one attached hydrogen (secondary N) is 2. The fraction of sp³-hybridized carbons (Fsp3) is 0.265. The minimum Gasteiger partial charge on any atom is -0.406 e. The monoisotopic (exact) mass is 620 g/mol. The third-order valence-corrected chi connectivity index (χ3v) is 6.95. The molecule has 1 heterocycles. The lowest BCUT2D eigenvalue weighted by Gasteiger charge is -2.25. The van der Waals surface area contributed by atoms with E-state index >= 15 is 0 Å². The first-order valence-electron chi connectivity index (χ1n) is 14.3. The average molecular weight is 621 g/mol. The molecule has 3 aromatic carbocycles. The Morgan fingerprint density at radius 3 is 2.36 bits per heavy atom. The van der Waals surface area contributed by atoms with Crippen LogP contribution in [0.15, 0.2) is 97.2 Å². The zero-order chi connectivity index (χ0) is 32.4. The predicted molar refractivity (Wildman–Crippen MR) is 163 cm³/mol. The number of nitrogens with zero attached hydrogens (tertiary/aromatic N) is 2. The molecule has 0 aliphatic rings. The molecule has 0 radical (unpaired) electrons. The highest BCUT2D eigenvalue weighted by Crippen LogP contribution is 2.23. The van der Waals surface area contributed by atoms with Gasteiger partial charge in [0.1, 0.15) is 5.75 Å². The number of amides is 2. The van der Waals surface area contributed by atoms with Gasteiger partial charge in [-0.05, 0) is 72.5 Å². The lowest BCUT2D eigenvalue weighted by Crippen LogP contribution is -2.48. The quantitative estimate of drug-likeness (QED) is 0.193. The van der Waals surface area contributed by atoms with E-state index in [1.165, 1.54) is 29.2 Å². The largest absolute Gasteiger partial charge is 0.573 e. The van der Waals surface area contributed by atoms with Gasteiger partial charge in [-0.2, -0.15) is 0 Å². The van der Waals surface area contributed by atoms with Gasteiger partial charge in [-0.15, -0.1) is 13.2 Å². The lowest BCUT2D eigenvalue weighted by molar-refractivity contribution is -0.274. The van der Waals surface area contributed by atoms with Crippen molar-refractivity contribution in [2.75, 3.05) is 13.6 Å². The number of aliphatic hydroxyl groups is 1. The van der Waals surface area contributed by atoms with Crippen LogP contribution in [0.3, 0.4) is 0 Å². The SMILES string of the molecule is Cc1cc(C(=O)N[C@@H](Cc2ccccc2)[C@H](O)CNCc2cccc(OC(F)(F)F)c2)cc(C(=O)N(C)Cc2ccccn2)c1. The van der Waals surface area contributed by atoms with Crippen molar-refractivity contribution >= 4 is 11.8 Å². The molecule has 0 bridgehead atoms. The molecule has 0 aliphatic carbocycles. The Labute approximate surface area is 259 Å². The van der Waals surface area contributed by atoms with Crippen molar-refractivity contribution in [3.05, 3.63) is 131 Å². The Morgan fingerprint density at radius 1 is 0.933 bits per heavy atom. The molecule has 0 unspecified atom stereocenters. The number of hydrogen-bond acceptors (Lipinski definition) is 6. The van der Waals surface area contributed by atoms with E-state index in [1.807, 2.05) is 42.5 Å². The van der Waals surface area contributed by atoms with Crippen molar-refractivity contribution in [1.29, 1.82) is 0 Å². The summed E-state index contributed by atoms with van der Waals surface area (Å²) in [7, 11) is 1.66. The maximum atomic E-state index is 13.5. The van der Waals surface area contributed by atoms with Crippen molar-refractivity contribution in [3.63, 3.8) is 0 Å². The second-order valence-electron chi connectivity index (χ2n) is 10.7. The van der Waals surface area contributed by atoms with Gasteiger partial charge in [0.25, 0.3) is 11.8 Å². The van der Waals surface area contributed by atoms with Crippen LogP contribution in [0.25, 0.3) is 0 Å². The molecule has 0 saturated carbocycles. The second-order valence-corrected chi connectivity index (χ2v) is 10.7. The Balaban J connectivity index is 1.44. The van der Waals surface area contributed by atoms with Gasteiger partial charge in [0.05, 0.1) is 24.4 Å². The van der Waals surface area contributed by atoms with E-state index in [2.05, 4.69) is 20.4 Å². The molecule has 8 nitrogen and oxygen atoms in total. The first kappa shape index (κ1) is 33.2. The molecule has 4 aromatic rings. The number of rotatable bonds is 13. The standard InChI is InChI=1S/C34H35F3N4O4/c1-23-15-26(19-27(16-23)33(44)41(2)22-28-12-6-7-14-39-28)32(43)40-30(18-24-9-4-3-5-10-24)31(42)21-38-20-25-11-8-13-29(17-25)45-34(35,36)37/h3-17,19,30-31,38,42H,18,20-22H2,1-2H3,(H,40,43)/t30-,31+/m0/s1. The van der Waals surface area contributed by atoms with Gasteiger partial charge in [-0.1, -0.05) is 48.5 Å². The van der Waals surface area contributed by atoms with Crippen LogP contribution < -0.4 is 15.4 Å². The van der Waals surface area contributed by atoms with Gasteiger partial charge in [0.15, 0.2) is 0 Å². The maximum Gasteiger partial charge on any atom is 0.573 e. The van der Waals surface area contributed by atoms with Crippen LogP contribution >= 0.6 is 0 Å². The number of benzene rings is 3. The van der Waals surface area contributed by atoms with Gasteiger partial charge in [0.2, 0.25) is 0 Å². The molecule has 0 spiro atoms. The normalized spacial score (nSPS) is 12.7. The molecule has 3 N–H and O–H groups in total. The van der Waals surface area contributed by atoms with Crippen molar-refractivity contribution in [2.45, 2.75) is 44.9 Å². The molecule has 4 rings (SSSR count). The number of ether oxygens (including phenoxy) is 1. The fourth-order valence-electron chi connectivity index (χ4n) is 4.83. The summed E-state index contributed by atoms with van der Waals surface area (Å²) in [6.07, 6.45) is -3.89. The number of aliphatic hydroxyl groups excluding tert-OH is 1. The lowest BCUT2D eigenvalue weighted by atomic mass is 9.99. The highest BCUT2D eigenvalue weighted by atomic mass is 19.4. The van der Waals surface area contributed by atoms with Gasteiger partial charge >= 0.3 is 6.36 Å². The van der Waals surface area contributed by atoms with E-state index in [0.717, 1.165) is 16.8 Å². The number of pyridine rings is 1. The molecule has 2 atom stereocenters. The van der Waals surface area contributed by atoms with Crippen molar-refractivity contribution < 1.29 is 32.6 Å². The summed E-state index contributed by atoms with van der Waals surface area (Å²) in [5.41, 5.74) is 3.47. The van der Waals surface area contributed by atoms with Crippen LogP contribution in [0.4, 0.5) is 13.2 Å². The van der Waals surface area contributed by atoms with Crippen LogP contribution in [0, 0.1) is 6.92 Å². The Hall–Kier alpha value is -4.74. The first-order valence-corrected chi connectivity index (χ1v) is 14.3. The number of carbonyl (C=O) groups excluding carboxylic acids is 2. The van der Waals surface area contributed by atoms with E-state index < -0.39 is 24.4 Å². The van der Waals surface area contributed by atoms with Gasteiger partial charge in [-0.25, -0.2) is 0 Å². The third-order valence-electron chi connectivity index (χ3n) is 6.95. The van der Waals surface area contributed by atoms with Gasteiger partial charge in [0, 0.05) is 37.5 Å². The molecule has 2 amide bonds. The highest BCUT2D eigenvalue weighted by molar-refractivity contribution is 6.00. The second kappa shape index (κ2) is 15.3. The Kier molecular flexibility index (Phi) is 11.3. The Morgan fingerprint density at radius 2 is 1.64 bits per heavy atom. The van der Waals surface area contributed by atoms with Crippen molar-refractivity contribution in [1.82, 2.24) is 20.5 Å². The predicted octanol–water partition coefficient (Wildman–Crippen LogP) is 5.05. The van der Waals surface area contributed by atoms with Crippen molar-refractivity contribution in [2.24, 2.45) is 0 Å². The number of halogens is 3. The summed E-state index contributed by atoms with van der Waals surface area (Å²) >= 11 is 0. The van der Waals surface area contributed by atoms with Gasteiger partial charge in [-0.3, -0.25) is 14.6 Å². The van der Waals surface area contributed by atoms with Crippen LogP contribution in [0.5, 0.6) is 5.75 Å². The molecule has 0 saturated heterocycles. The van der Waals surface area contributed by atoms with Crippen LogP contribution in [0.1, 0.15) is 43.1 Å². The number of carbonyl (C=O) groups is 2. The summed E-state index contributed by atoms with van der Waals surface area (Å²) in [5.74, 6) is -1.07. The molecule has 0 fully saturated rings. The molecular weight excluding hydrogens is 585 g/mol. The summed E-state index contributed by atoms with van der Waals surface area (Å²) in [5, 5.41) is 17.1. The first-order chi connectivity index (χ1) is 21.5. The van der Waals surface area contributed by atoms with Crippen LogP contribution in [0.2, 0.25) is 0 Å². The highest BCUT2D eigenvalue weighted by Gasteiger charge is 2.31. The fourth-order valence-corrected chi connectivity index (χ4v) is 4.83. The minimum absolute atomic E-state index is 0.0397. The topological polar surface area (TPSA) is 104 Å². The summed E-state index contributed by atoms with van der Waals surface area (Å²) < 4.78 is 41.8. The average Bonchev–Trinajstić information content (AvgIpc) is 3.00. The van der Waals surface area contributed by atoms with E-state index in [0.29, 0.717) is 24.1 Å². The number of alkyl halides is 3.